The van der Waals surface area contributed by atoms with E-state index in [1.54, 1.807) is 0 Å². The Balaban J connectivity index is 0.00000288. The van der Waals surface area contributed by atoms with Crippen LogP contribution in [0.5, 0.6) is 0 Å². The fraction of sp³-hybridized carbons (Fsp3) is 0.947. The van der Waals surface area contributed by atoms with Crippen molar-refractivity contribution in [2.24, 2.45) is 16.3 Å². The van der Waals surface area contributed by atoms with Crippen molar-refractivity contribution in [1.29, 1.82) is 0 Å². The van der Waals surface area contributed by atoms with E-state index in [4.69, 9.17) is 4.99 Å². The van der Waals surface area contributed by atoms with Crippen molar-refractivity contribution in [2.75, 3.05) is 39.3 Å². The number of halogens is 1. The molecule has 0 unspecified atom stereocenters. The van der Waals surface area contributed by atoms with Crippen LogP contribution in [0, 0.1) is 11.3 Å². The average molecular weight is 450 g/mol. The number of nitrogens with zero attached hydrogens (tertiary/aromatic N) is 3. The van der Waals surface area contributed by atoms with Crippen molar-refractivity contribution in [3.05, 3.63) is 0 Å². The molecule has 142 valence electrons. The van der Waals surface area contributed by atoms with Gasteiger partial charge in [-0.15, -0.1) is 24.0 Å². The van der Waals surface area contributed by atoms with Gasteiger partial charge < -0.3 is 15.1 Å². The molecule has 0 radical (unpaired) electrons. The number of rotatable bonds is 5. The Hall–Kier alpha value is -0.0400. The molecule has 0 bridgehead atoms. The summed E-state index contributed by atoms with van der Waals surface area (Å²) < 4.78 is 0. The summed E-state index contributed by atoms with van der Waals surface area (Å²) in [5.74, 6) is 1.98. The topological polar surface area (TPSA) is 30.9 Å². The second-order valence-electron chi connectivity index (χ2n) is 8.43. The molecule has 2 rings (SSSR count). The molecule has 0 aromatic heterocycles. The van der Waals surface area contributed by atoms with Crippen molar-refractivity contribution in [2.45, 2.75) is 66.3 Å². The minimum absolute atomic E-state index is 0. The van der Waals surface area contributed by atoms with Gasteiger partial charge in [-0.2, -0.15) is 0 Å². The minimum atomic E-state index is 0. The maximum atomic E-state index is 4.95. The Labute approximate surface area is 166 Å². The van der Waals surface area contributed by atoms with Gasteiger partial charge in [0.25, 0.3) is 0 Å². The number of nitrogens with one attached hydrogen (secondary N) is 1. The van der Waals surface area contributed by atoms with Crippen LogP contribution in [-0.2, 0) is 0 Å². The number of hydrogen-bond acceptors (Lipinski definition) is 2. The van der Waals surface area contributed by atoms with E-state index in [1.165, 1.54) is 38.9 Å². The van der Waals surface area contributed by atoms with Crippen molar-refractivity contribution >= 4 is 29.9 Å². The summed E-state index contributed by atoms with van der Waals surface area (Å²) in [4.78, 5) is 9.97. The quantitative estimate of drug-likeness (QED) is 0.393. The molecule has 0 spiro atoms. The molecule has 2 saturated heterocycles. The molecular weight excluding hydrogens is 411 g/mol. The second-order valence-corrected chi connectivity index (χ2v) is 8.43. The molecule has 0 aromatic rings. The Kier molecular flexibility index (Phi) is 8.30. The zero-order valence-corrected chi connectivity index (χ0v) is 19.0. The highest BCUT2D eigenvalue weighted by Gasteiger charge is 2.53. The highest BCUT2D eigenvalue weighted by molar-refractivity contribution is 14.0. The molecule has 0 aromatic carbocycles. The first-order valence-corrected chi connectivity index (χ1v) is 9.60. The Morgan fingerprint density at radius 1 is 1.12 bits per heavy atom. The van der Waals surface area contributed by atoms with Crippen LogP contribution in [0.15, 0.2) is 4.99 Å². The largest absolute Gasteiger partial charge is 0.356 e. The van der Waals surface area contributed by atoms with Crippen LogP contribution in [0.25, 0.3) is 0 Å². The van der Waals surface area contributed by atoms with E-state index in [9.17, 15) is 0 Å². The maximum absolute atomic E-state index is 4.95. The lowest BCUT2D eigenvalue weighted by molar-refractivity contribution is -0.0667. The second kappa shape index (κ2) is 9.06. The van der Waals surface area contributed by atoms with E-state index < -0.39 is 0 Å². The van der Waals surface area contributed by atoms with Gasteiger partial charge in [-0.05, 0) is 65.6 Å². The van der Waals surface area contributed by atoms with Gasteiger partial charge >= 0.3 is 0 Å². The molecule has 2 aliphatic heterocycles. The van der Waals surface area contributed by atoms with Gasteiger partial charge in [0, 0.05) is 30.6 Å². The van der Waals surface area contributed by atoms with Crippen LogP contribution in [0.3, 0.4) is 0 Å². The van der Waals surface area contributed by atoms with Crippen LogP contribution in [0.2, 0.25) is 0 Å². The predicted octanol–water partition coefficient (Wildman–Crippen LogP) is 3.81. The van der Waals surface area contributed by atoms with Gasteiger partial charge in [0.05, 0.1) is 0 Å². The monoisotopic (exact) mass is 450 g/mol. The third kappa shape index (κ3) is 4.77. The van der Waals surface area contributed by atoms with E-state index in [0.717, 1.165) is 31.5 Å². The van der Waals surface area contributed by atoms with Crippen LogP contribution < -0.4 is 5.32 Å². The van der Waals surface area contributed by atoms with Gasteiger partial charge in [0.1, 0.15) is 0 Å². The van der Waals surface area contributed by atoms with Crippen molar-refractivity contribution in [3.63, 3.8) is 0 Å². The first-order valence-electron chi connectivity index (χ1n) is 9.60. The summed E-state index contributed by atoms with van der Waals surface area (Å²) in [6.45, 7) is 20.6. The SMILES string of the molecule is CCNC(=NCCC1CCN(CC)CC1)N1CC(C)(C)C1(C)C.I. The number of piperidine rings is 1. The minimum Gasteiger partial charge on any atom is -0.356 e. The highest BCUT2D eigenvalue weighted by atomic mass is 127. The first kappa shape index (κ1) is 22.0. The average Bonchev–Trinajstić information content (AvgIpc) is 2.52. The van der Waals surface area contributed by atoms with Crippen molar-refractivity contribution in [3.8, 4) is 0 Å². The van der Waals surface area contributed by atoms with Gasteiger partial charge in [0.2, 0.25) is 0 Å². The molecule has 2 heterocycles. The summed E-state index contributed by atoms with van der Waals surface area (Å²) in [7, 11) is 0. The summed E-state index contributed by atoms with van der Waals surface area (Å²) >= 11 is 0. The lowest BCUT2D eigenvalue weighted by Crippen LogP contribution is -2.72. The standard InChI is InChI=1S/C19H38N4.HI/c1-7-20-17(23-15-18(3,4)19(23,5)6)21-12-9-16-10-13-22(8-2)14-11-16;/h16H,7-15H2,1-6H3,(H,20,21);1H. The normalized spacial score (nSPS) is 24.2. The lowest BCUT2D eigenvalue weighted by Gasteiger charge is -2.62. The molecule has 2 aliphatic rings. The number of likely N-dealkylation sites (tertiary alicyclic amines) is 2. The van der Waals surface area contributed by atoms with E-state index in [2.05, 4.69) is 56.7 Å². The van der Waals surface area contributed by atoms with E-state index in [-0.39, 0.29) is 29.5 Å². The maximum Gasteiger partial charge on any atom is 0.194 e. The van der Waals surface area contributed by atoms with Gasteiger partial charge in [-0.1, -0.05) is 20.8 Å². The molecule has 0 amide bonds. The molecule has 2 fully saturated rings. The fourth-order valence-corrected chi connectivity index (χ4v) is 3.74. The summed E-state index contributed by atoms with van der Waals surface area (Å²) in [5, 5.41) is 3.50. The molecule has 24 heavy (non-hydrogen) atoms. The van der Waals surface area contributed by atoms with Crippen LogP contribution in [0.4, 0.5) is 0 Å². The van der Waals surface area contributed by atoms with Gasteiger partial charge in [-0.3, -0.25) is 4.99 Å². The molecule has 4 nitrogen and oxygen atoms in total. The number of hydrogen-bond donors (Lipinski definition) is 1. The van der Waals surface area contributed by atoms with Gasteiger partial charge in [0.15, 0.2) is 5.96 Å². The lowest BCUT2D eigenvalue weighted by atomic mass is 9.65. The number of aliphatic imine (C=N–C) groups is 1. The van der Waals surface area contributed by atoms with Crippen LogP contribution in [-0.4, -0.2) is 60.6 Å². The molecule has 0 atom stereocenters. The molecule has 1 N–H and O–H groups in total. The summed E-state index contributed by atoms with van der Waals surface area (Å²) in [6.07, 6.45) is 3.94. The van der Waals surface area contributed by atoms with Crippen molar-refractivity contribution < 1.29 is 0 Å². The third-order valence-corrected chi connectivity index (χ3v) is 6.43. The first-order chi connectivity index (χ1) is 10.8. The highest BCUT2D eigenvalue weighted by Crippen LogP contribution is 2.46. The van der Waals surface area contributed by atoms with E-state index in [0.29, 0.717) is 5.41 Å². The summed E-state index contributed by atoms with van der Waals surface area (Å²) in [6, 6.07) is 0. The summed E-state index contributed by atoms with van der Waals surface area (Å²) in [5.41, 5.74) is 0.538. The van der Waals surface area contributed by atoms with Crippen LogP contribution in [0.1, 0.15) is 60.8 Å². The van der Waals surface area contributed by atoms with Crippen molar-refractivity contribution in [1.82, 2.24) is 15.1 Å². The molecule has 5 heteroatoms. The Morgan fingerprint density at radius 2 is 1.75 bits per heavy atom. The predicted molar refractivity (Wildman–Crippen MR) is 115 cm³/mol. The van der Waals surface area contributed by atoms with Gasteiger partial charge in [-0.25, -0.2) is 0 Å². The number of guanidine groups is 1. The molecular formula is C19H39IN4. The molecule has 0 saturated carbocycles. The Morgan fingerprint density at radius 3 is 2.21 bits per heavy atom. The smallest absolute Gasteiger partial charge is 0.194 e. The third-order valence-electron chi connectivity index (χ3n) is 6.43. The zero-order chi connectivity index (χ0) is 17.1. The molecule has 0 aliphatic carbocycles. The Bertz CT molecular complexity index is 412. The van der Waals surface area contributed by atoms with E-state index >= 15 is 0 Å². The van der Waals surface area contributed by atoms with E-state index in [1.807, 2.05) is 0 Å². The zero-order valence-electron chi connectivity index (χ0n) is 16.7. The van der Waals surface area contributed by atoms with Crippen LogP contribution >= 0.6 is 24.0 Å². The fourth-order valence-electron chi connectivity index (χ4n) is 3.74.